The molecule has 0 rings (SSSR count). The standard InChI is InChI=1S/C83H162O17P2/c1-8-11-12-13-14-15-16-17-18-19-20-24-27-30-33-36-42-50-57-64-80(85)93-70-78(99-82(87)66-59-52-43-37-34-31-28-25-22-21-23-26-29-32-35-40-48-55-62-75(6)9-2)72-97-101(89,90)95-68-77(84)69-96-102(91,92)98-73-79(71-94-81(86)65-58-51-46-45-47-54-61-74(4)5)100-83(88)67-60-53-44-39-38-41-49-56-63-76(7)10-3/h74-79,84H,8-73H2,1-7H3,(H,89,90)(H,91,92)/t75?,76?,77-,78-,79-/m1/s1. The lowest BCUT2D eigenvalue weighted by Gasteiger charge is -2.21. The number of hydrogen-bond donors (Lipinski definition) is 3. The van der Waals surface area contributed by atoms with E-state index in [1.165, 1.54) is 238 Å². The van der Waals surface area contributed by atoms with Crippen LogP contribution >= 0.6 is 15.6 Å². The fraction of sp³-hybridized carbons (Fsp3) is 0.952. The highest BCUT2D eigenvalue weighted by molar-refractivity contribution is 7.47. The van der Waals surface area contributed by atoms with Crippen LogP contribution in [0.4, 0.5) is 0 Å². The summed E-state index contributed by atoms with van der Waals surface area (Å²) >= 11 is 0. The first kappa shape index (κ1) is 100. The van der Waals surface area contributed by atoms with E-state index in [2.05, 4.69) is 48.5 Å². The molecule has 0 heterocycles. The van der Waals surface area contributed by atoms with Gasteiger partial charge in [-0.15, -0.1) is 0 Å². The molecule has 102 heavy (non-hydrogen) atoms. The van der Waals surface area contributed by atoms with Crippen LogP contribution in [0, 0.1) is 17.8 Å². The molecule has 0 saturated heterocycles. The topological polar surface area (TPSA) is 237 Å². The first-order chi connectivity index (χ1) is 49.3. The van der Waals surface area contributed by atoms with Gasteiger partial charge in [0.2, 0.25) is 0 Å². The van der Waals surface area contributed by atoms with Crippen molar-refractivity contribution in [1.82, 2.24) is 0 Å². The Labute approximate surface area is 626 Å². The third-order valence-electron chi connectivity index (χ3n) is 20.1. The predicted octanol–water partition coefficient (Wildman–Crippen LogP) is 24.9. The average Bonchev–Trinajstić information content (AvgIpc) is 0.929. The van der Waals surface area contributed by atoms with Gasteiger partial charge < -0.3 is 33.8 Å². The zero-order chi connectivity index (χ0) is 75.1. The van der Waals surface area contributed by atoms with Crippen molar-refractivity contribution in [3.05, 3.63) is 0 Å². The molecule has 0 aromatic rings. The smallest absolute Gasteiger partial charge is 0.462 e. The van der Waals surface area contributed by atoms with E-state index in [9.17, 15) is 43.2 Å². The second-order valence-corrected chi connectivity index (χ2v) is 33.7. The highest BCUT2D eigenvalue weighted by Crippen LogP contribution is 2.45. The number of rotatable bonds is 81. The SMILES string of the molecule is CCCCCCCCCCCCCCCCCCCCCC(=O)OC[C@H](COP(=O)(O)OC[C@@H](O)COP(=O)(O)OC[C@@H](COC(=O)CCCCCCCCC(C)C)OC(=O)CCCCCCCCCCC(C)CC)OC(=O)CCCCCCCCCCCCCCCCCCCCC(C)CC. The van der Waals surface area contributed by atoms with E-state index in [1.807, 2.05) is 0 Å². The van der Waals surface area contributed by atoms with Crippen LogP contribution in [-0.2, 0) is 65.4 Å². The Balaban J connectivity index is 5.20. The van der Waals surface area contributed by atoms with Crippen LogP contribution in [0.1, 0.15) is 434 Å². The number of carbonyl (C=O) groups is 4. The van der Waals surface area contributed by atoms with Crippen LogP contribution in [0.2, 0.25) is 0 Å². The van der Waals surface area contributed by atoms with Crippen molar-refractivity contribution in [2.75, 3.05) is 39.6 Å². The van der Waals surface area contributed by atoms with Gasteiger partial charge in [-0.3, -0.25) is 37.3 Å². The van der Waals surface area contributed by atoms with Gasteiger partial charge in [0, 0.05) is 25.7 Å². The Bertz CT molecular complexity index is 1980. The number of phosphoric ester groups is 2. The number of carbonyl (C=O) groups excluding carboxylic acids is 4. The zero-order valence-electron chi connectivity index (χ0n) is 67.1. The molecule has 0 aromatic carbocycles. The molecule has 0 bridgehead atoms. The molecule has 0 radical (unpaired) electrons. The summed E-state index contributed by atoms with van der Waals surface area (Å²) in [5, 5.41) is 10.6. The summed E-state index contributed by atoms with van der Waals surface area (Å²) in [5.74, 6) is 0.206. The molecule has 0 fully saturated rings. The Hall–Kier alpha value is -1.94. The molecule has 0 amide bonds. The number of esters is 4. The zero-order valence-corrected chi connectivity index (χ0v) is 68.9. The van der Waals surface area contributed by atoms with Crippen molar-refractivity contribution in [3.8, 4) is 0 Å². The summed E-state index contributed by atoms with van der Waals surface area (Å²) in [6.45, 7) is 11.9. The van der Waals surface area contributed by atoms with E-state index in [0.29, 0.717) is 31.6 Å². The highest BCUT2D eigenvalue weighted by Gasteiger charge is 2.30. The molecule has 0 spiro atoms. The molecule has 3 N–H and O–H groups in total. The average molecular weight is 1490 g/mol. The van der Waals surface area contributed by atoms with Crippen molar-refractivity contribution in [2.45, 2.75) is 452 Å². The third kappa shape index (κ3) is 73.6. The minimum absolute atomic E-state index is 0.104. The van der Waals surface area contributed by atoms with E-state index in [1.54, 1.807) is 0 Å². The first-order valence-electron chi connectivity index (χ1n) is 42.9. The van der Waals surface area contributed by atoms with Crippen LogP contribution in [0.15, 0.2) is 0 Å². The number of hydrogen-bond acceptors (Lipinski definition) is 15. The number of unbranched alkanes of at least 4 members (excludes halogenated alkanes) is 47. The molecule has 0 aliphatic carbocycles. The van der Waals surface area contributed by atoms with Gasteiger partial charge in [-0.2, -0.15) is 0 Å². The van der Waals surface area contributed by atoms with Gasteiger partial charge in [-0.1, -0.05) is 382 Å². The molecule has 0 aliphatic heterocycles. The molecule has 0 aliphatic rings. The van der Waals surface area contributed by atoms with Crippen LogP contribution in [-0.4, -0.2) is 96.7 Å². The maximum Gasteiger partial charge on any atom is 0.472 e. The summed E-state index contributed by atoms with van der Waals surface area (Å²) in [6.07, 6.45) is 62.7. The Morgan fingerprint density at radius 1 is 0.284 bits per heavy atom. The summed E-state index contributed by atoms with van der Waals surface area (Å²) < 4.78 is 68.7. The van der Waals surface area contributed by atoms with Crippen LogP contribution in [0.3, 0.4) is 0 Å². The Morgan fingerprint density at radius 2 is 0.500 bits per heavy atom. The van der Waals surface area contributed by atoms with Gasteiger partial charge >= 0.3 is 39.5 Å². The molecule has 7 atom stereocenters. The van der Waals surface area contributed by atoms with Crippen LogP contribution < -0.4 is 0 Å². The lowest BCUT2D eigenvalue weighted by molar-refractivity contribution is -0.161. The van der Waals surface area contributed by atoms with Crippen molar-refractivity contribution in [2.24, 2.45) is 17.8 Å². The summed E-state index contributed by atoms with van der Waals surface area (Å²) in [6, 6.07) is 0. The molecule has 17 nitrogen and oxygen atoms in total. The van der Waals surface area contributed by atoms with Crippen molar-refractivity contribution >= 4 is 39.5 Å². The lowest BCUT2D eigenvalue weighted by atomic mass is 9.99. The van der Waals surface area contributed by atoms with Gasteiger partial charge in [-0.25, -0.2) is 9.13 Å². The maximum absolute atomic E-state index is 13.1. The fourth-order valence-corrected chi connectivity index (χ4v) is 14.4. The fourth-order valence-electron chi connectivity index (χ4n) is 12.8. The van der Waals surface area contributed by atoms with E-state index in [0.717, 1.165) is 108 Å². The van der Waals surface area contributed by atoms with Gasteiger partial charge in [0.05, 0.1) is 26.4 Å². The van der Waals surface area contributed by atoms with E-state index < -0.39 is 97.5 Å². The molecule has 0 saturated carbocycles. The molecular weight excluding hydrogens is 1330 g/mol. The number of phosphoric acid groups is 2. The minimum atomic E-state index is -4.96. The Morgan fingerprint density at radius 3 is 0.745 bits per heavy atom. The largest absolute Gasteiger partial charge is 0.472 e. The lowest BCUT2D eigenvalue weighted by Crippen LogP contribution is -2.30. The highest BCUT2D eigenvalue weighted by atomic mass is 31.2. The van der Waals surface area contributed by atoms with Crippen molar-refractivity contribution in [3.63, 3.8) is 0 Å². The van der Waals surface area contributed by atoms with Crippen molar-refractivity contribution in [1.29, 1.82) is 0 Å². The first-order valence-corrected chi connectivity index (χ1v) is 45.9. The number of aliphatic hydroxyl groups is 1. The molecule has 606 valence electrons. The Kier molecular flexibility index (Phi) is 71.8. The second kappa shape index (κ2) is 73.2. The third-order valence-corrected chi connectivity index (χ3v) is 22.0. The van der Waals surface area contributed by atoms with Crippen LogP contribution in [0.25, 0.3) is 0 Å². The quantitative estimate of drug-likeness (QED) is 0.0222. The van der Waals surface area contributed by atoms with Gasteiger partial charge in [-0.05, 0) is 43.4 Å². The molecule has 19 heteroatoms. The normalized spacial score (nSPS) is 14.5. The summed E-state index contributed by atoms with van der Waals surface area (Å²) in [5.41, 5.74) is 0. The van der Waals surface area contributed by atoms with E-state index >= 15 is 0 Å². The number of aliphatic hydroxyl groups excluding tert-OH is 1. The van der Waals surface area contributed by atoms with Gasteiger partial charge in [0.15, 0.2) is 12.2 Å². The summed E-state index contributed by atoms with van der Waals surface area (Å²) in [4.78, 5) is 73.0. The maximum atomic E-state index is 13.1. The number of ether oxygens (including phenoxy) is 4. The van der Waals surface area contributed by atoms with E-state index in [-0.39, 0.29) is 25.7 Å². The van der Waals surface area contributed by atoms with E-state index in [4.69, 9.17) is 37.0 Å². The van der Waals surface area contributed by atoms with Gasteiger partial charge in [0.25, 0.3) is 0 Å². The molecule has 0 aromatic heterocycles. The van der Waals surface area contributed by atoms with Gasteiger partial charge in [0.1, 0.15) is 19.3 Å². The van der Waals surface area contributed by atoms with Crippen molar-refractivity contribution < 1.29 is 80.2 Å². The molecule has 4 unspecified atom stereocenters. The monoisotopic (exact) mass is 1490 g/mol. The second-order valence-electron chi connectivity index (χ2n) is 30.8. The summed E-state index contributed by atoms with van der Waals surface area (Å²) in [7, 11) is -9.92. The van der Waals surface area contributed by atoms with Crippen LogP contribution in [0.5, 0.6) is 0 Å². The minimum Gasteiger partial charge on any atom is -0.462 e. The predicted molar refractivity (Wildman–Crippen MR) is 418 cm³/mol. The molecular formula is C83H162O17P2.